The first-order valence-electron chi connectivity index (χ1n) is 5.73. The second kappa shape index (κ2) is 5.53. The molecule has 1 aliphatic heterocycles. The van der Waals surface area contributed by atoms with E-state index in [1.54, 1.807) is 0 Å². The van der Waals surface area contributed by atoms with Gasteiger partial charge in [-0.1, -0.05) is 34.9 Å². The Hall–Kier alpha value is -2.04. The van der Waals surface area contributed by atoms with Crippen molar-refractivity contribution in [3.63, 3.8) is 0 Å². The largest absolute Gasteiger partial charge is 0.464 e. The molecule has 1 fully saturated rings. The van der Waals surface area contributed by atoms with Gasteiger partial charge in [0.1, 0.15) is 6.61 Å². The second-order valence-electron chi connectivity index (χ2n) is 4.16. The summed E-state index contributed by atoms with van der Waals surface area (Å²) in [6, 6.07) is 6.56. The van der Waals surface area contributed by atoms with Crippen LogP contribution in [0.2, 0.25) is 0 Å². The summed E-state index contributed by atoms with van der Waals surface area (Å²) in [6.45, 7) is 2.82. The minimum absolute atomic E-state index is 0.290. The molecule has 1 saturated heterocycles. The van der Waals surface area contributed by atoms with Crippen molar-refractivity contribution in [3.05, 3.63) is 45.8 Å². The Bertz CT molecular complexity index is 479. The van der Waals surface area contributed by atoms with Crippen molar-refractivity contribution in [3.8, 4) is 0 Å². The maximum absolute atomic E-state index is 11.7. The highest BCUT2D eigenvalue weighted by atomic mass is 16.5. The van der Waals surface area contributed by atoms with Crippen LogP contribution in [-0.4, -0.2) is 25.2 Å². The molecule has 6 heteroatoms. The molecule has 18 heavy (non-hydrogen) atoms. The van der Waals surface area contributed by atoms with Gasteiger partial charge in [0.15, 0.2) is 6.04 Å². The molecule has 1 aromatic rings. The fourth-order valence-corrected chi connectivity index (χ4v) is 1.94. The molecule has 0 radical (unpaired) electrons. The quantitative estimate of drug-likeness (QED) is 0.374. The lowest BCUT2D eigenvalue weighted by Crippen LogP contribution is -2.33. The first-order valence-corrected chi connectivity index (χ1v) is 5.73. The fourth-order valence-electron chi connectivity index (χ4n) is 1.94. The van der Waals surface area contributed by atoms with Crippen molar-refractivity contribution >= 4 is 5.97 Å². The number of carbonyl (C=O) groups is 1. The van der Waals surface area contributed by atoms with Crippen molar-refractivity contribution in [2.75, 3.05) is 13.2 Å². The number of esters is 1. The zero-order valence-corrected chi connectivity index (χ0v) is 10.0. The normalized spacial score (nSPS) is 23.7. The molecule has 0 saturated carbocycles. The molecule has 1 N–H and O–H groups in total. The van der Waals surface area contributed by atoms with Gasteiger partial charge in [0.05, 0.1) is 6.04 Å². The highest BCUT2D eigenvalue weighted by Gasteiger charge is 2.31. The Labute approximate surface area is 105 Å². The molecule has 1 aliphatic rings. The Morgan fingerprint density at radius 3 is 2.83 bits per heavy atom. The van der Waals surface area contributed by atoms with Crippen LogP contribution in [0, 0.1) is 6.92 Å². The number of nitrogens with one attached hydrogen (secondary N) is 1. The molecule has 94 valence electrons. The molecule has 1 heterocycles. The number of hydrogen-bond donors (Lipinski definition) is 1. The molecule has 0 bridgehead atoms. The van der Waals surface area contributed by atoms with E-state index < -0.39 is 12.0 Å². The number of benzene rings is 1. The van der Waals surface area contributed by atoms with Crippen LogP contribution in [0.1, 0.15) is 17.2 Å². The third-order valence-electron chi connectivity index (χ3n) is 2.88. The number of aryl methyl sites for hydroxylation is 1. The van der Waals surface area contributed by atoms with E-state index in [2.05, 4.69) is 15.3 Å². The summed E-state index contributed by atoms with van der Waals surface area (Å²) < 4.78 is 4.98. The predicted octanol–water partition coefficient (Wildman–Crippen LogP) is 1.86. The van der Waals surface area contributed by atoms with Crippen LogP contribution in [-0.2, 0) is 9.53 Å². The molecule has 2 rings (SSSR count). The lowest BCUT2D eigenvalue weighted by molar-refractivity contribution is -0.144. The number of nitrogens with zero attached hydrogens (tertiary/aromatic N) is 3. The number of hydrogen-bond acceptors (Lipinski definition) is 4. The lowest BCUT2D eigenvalue weighted by Gasteiger charge is -2.20. The molecule has 0 aromatic heterocycles. The minimum Gasteiger partial charge on any atom is -0.464 e. The first kappa shape index (κ1) is 12.4. The summed E-state index contributed by atoms with van der Waals surface area (Å²) in [5, 5.41) is 6.72. The molecule has 0 aliphatic carbocycles. The van der Waals surface area contributed by atoms with Crippen LogP contribution in [0.3, 0.4) is 0 Å². The van der Waals surface area contributed by atoms with Crippen LogP contribution < -0.4 is 5.32 Å². The highest BCUT2D eigenvalue weighted by molar-refractivity contribution is 5.77. The van der Waals surface area contributed by atoms with Gasteiger partial charge in [-0.25, -0.2) is 0 Å². The lowest BCUT2D eigenvalue weighted by atomic mass is 9.99. The summed E-state index contributed by atoms with van der Waals surface area (Å²) in [5.41, 5.74) is 10.6. The number of ether oxygens (including phenoxy) is 1. The van der Waals surface area contributed by atoms with E-state index >= 15 is 0 Å². The minimum atomic E-state index is -0.861. The Morgan fingerprint density at radius 2 is 2.17 bits per heavy atom. The molecular formula is C12H14N4O2. The summed E-state index contributed by atoms with van der Waals surface area (Å²) >= 11 is 0. The van der Waals surface area contributed by atoms with E-state index in [9.17, 15) is 4.79 Å². The molecule has 2 atom stereocenters. The average Bonchev–Trinajstić information content (AvgIpc) is 2.54. The third-order valence-corrected chi connectivity index (χ3v) is 2.88. The van der Waals surface area contributed by atoms with Crippen LogP contribution in [0.5, 0.6) is 0 Å². The van der Waals surface area contributed by atoms with E-state index in [4.69, 9.17) is 10.3 Å². The molecule has 0 spiro atoms. The van der Waals surface area contributed by atoms with Gasteiger partial charge < -0.3 is 10.1 Å². The number of cyclic esters (lactones) is 1. The van der Waals surface area contributed by atoms with Gasteiger partial charge in [-0.15, -0.1) is 0 Å². The van der Waals surface area contributed by atoms with Crippen LogP contribution in [0.25, 0.3) is 10.4 Å². The van der Waals surface area contributed by atoms with Crippen molar-refractivity contribution in [1.82, 2.24) is 5.32 Å². The van der Waals surface area contributed by atoms with Crippen LogP contribution in [0.15, 0.2) is 29.4 Å². The first-order chi connectivity index (χ1) is 8.72. The van der Waals surface area contributed by atoms with Crippen LogP contribution in [0.4, 0.5) is 0 Å². The van der Waals surface area contributed by atoms with Crippen molar-refractivity contribution in [2.45, 2.75) is 19.0 Å². The van der Waals surface area contributed by atoms with Crippen LogP contribution >= 0.6 is 0 Å². The van der Waals surface area contributed by atoms with Gasteiger partial charge in [-0.3, -0.25) is 4.79 Å². The van der Waals surface area contributed by atoms with Gasteiger partial charge >= 0.3 is 5.97 Å². The van der Waals surface area contributed by atoms with Gasteiger partial charge in [0, 0.05) is 11.5 Å². The second-order valence-corrected chi connectivity index (χ2v) is 4.16. The van der Waals surface area contributed by atoms with E-state index in [1.807, 2.05) is 31.2 Å². The monoisotopic (exact) mass is 246 g/mol. The molecule has 0 unspecified atom stereocenters. The summed E-state index contributed by atoms with van der Waals surface area (Å²) in [6.07, 6.45) is 0. The standard InChI is InChI=1S/C12H14N4O2/c1-8-2-4-9(5-3-8)10-11(15-16-13)12(17)18-7-6-14-10/h2-5,10-11,14H,6-7H2,1H3/t10-,11+/m1/s1. The Morgan fingerprint density at radius 1 is 1.44 bits per heavy atom. The Balaban J connectivity index is 2.34. The van der Waals surface area contributed by atoms with E-state index in [-0.39, 0.29) is 6.04 Å². The van der Waals surface area contributed by atoms with E-state index in [0.717, 1.165) is 11.1 Å². The van der Waals surface area contributed by atoms with Gasteiger partial charge in [-0.2, -0.15) is 0 Å². The van der Waals surface area contributed by atoms with Crippen molar-refractivity contribution in [2.24, 2.45) is 5.11 Å². The predicted molar refractivity (Wildman–Crippen MR) is 65.8 cm³/mol. The smallest absolute Gasteiger partial charge is 0.316 e. The molecule has 6 nitrogen and oxygen atoms in total. The fraction of sp³-hybridized carbons (Fsp3) is 0.417. The van der Waals surface area contributed by atoms with E-state index in [1.165, 1.54) is 0 Å². The van der Waals surface area contributed by atoms with Crippen molar-refractivity contribution in [1.29, 1.82) is 0 Å². The molecular weight excluding hydrogens is 232 g/mol. The zero-order chi connectivity index (χ0) is 13.0. The maximum Gasteiger partial charge on any atom is 0.316 e. The zero-order valence-electron chi connectivity index (χ0n) is 10.0. The van der Waals surface area contributed by atoms with Gasteiger partial charge in [-0.05, 0) is 18.0 Å². The highest BCUT2D eigenvalue weighted by Crippen LogP contribution is 2.22. The number of carbonyl (C=O) groups excluding carboxylic acids is 1. The number of rotatable bonds is 2. The van der Waals surface area contributed by atoms with E-state index in [0.29, 0.717) is 13.2 Å². The third kappa shape index (κ3) is 2.61. The Kier molecular flexibility index (Phi) is 3.82. The summed E-state index contributed by atoms with van der Waals surface area (Å²) in [5.74, 6) is -0.483. The van der Waals surface area contributed by atoms with Gasteiger partial charge in [0.2, 0.25) is 0 Å². The van der Waals surface area contributed by atoms with Gasteiger partial charge in [0.25, 0.3) is 0 Å². The summed E-state index contributed by atoms with van der Waals surface area (Å²) in [7, 11) is 0. The number of azide groups is 1. The average molecular weight is 246 g/mol. The SMILES string of the molecule is Cc1ccc([C@H]2NCCOC(=O)[C@H]2N=[N+]=[N-])cc1. The topological polar surface area (TPSA) is 87.1 Å². The summed E-state index contributed by atoms with van der Waals surface area (Å²) in [4.78, 5) is 14.5. The maximum atomic E-state index is 11.7. The van der Waals surface area contributed by atoms with Crippen molar-refractivity contribution < 1.29 is 9.53 Å². The molecule has 1 aromatic carbocycles. The molecule has 0 amide bonds.